The molecule has 0 fully saturated rings. The van der Waals surface area contributed by atoms with E-state index in [4.69, 9.17) is 5.73 Å². The van der Waals surface area contributed by atoms with Crippen molar-refractivity contribution in [2.45, 2.75) is 19.3 Å². The van der Waals surface area contributed by atoms with Gasteiger partial charge < -0.3 is 10.7 Å². The van der Waals surface area contributed by atoms with E-state index < -0.39 is 0 Å². The molecule has 0 atom stereocenters. The van der Waals surface area contributed by atoms with Crippen LogP contribution in [0.3, 0.4) is 0 Å². The molecule has 2 aromatic rings. The minimum Gasteiger partial charge on any atom is -0.398 e. The van der Waals surface area contributed by atoms with E-state index in [0.29, 0.717) is 6.42 Å². The lowest BCUT2D eigenvalue weighted by atomic mass is 9.94. The maximum absolute atomic E-state index is 11.7. The summed E-state index contributed by atoms with van der Waals surface area (Å²) >= 11 is 0. The number of Topliss-reactive ketones (excluding diaryl/α,β-unsaturated/α-hetero) is 1. The number of H-pyrrole nitrogens is 1. The number of fused-ring (bicyclic) bond motifs is 3. The van der Waals surface area contributed by atoms with Gasteiger partial charge in [-0.2, -0.15) is 0 Å². The molecule has 0 bridgehead atoms. The van der Waals surface area contributed by atoms with Crippen molar-refractivity contribution >= 4 is 22.4 Å². The predicted octanol–water partition coefficient (Wildman–Crippen LogP) is 2.27. The number of hydrogen-bond acceptors (Lipinski definition) is 2. The number of aromatic nitrogens is 1. The van der Waals surface area contributed by atoms with Crippen molar-refractivity contribution < 1.29 is 4.79 Å². The number of benzene rings is 1. The first kappa shape index (κ1) is 8.53. The molecule has 0 saturated heterocycles. The second-order valence-corrected chi connectivity index (χ2v) is 4.03. The zero-order valence-corrected chi connectivity index (χ0v) is 8.34. The van der Waals surface area contributed by atoms with Crippen LogP contribution in [-0.4, -0.2) is 10.8 Å². The summed E-state index contributed by atoms with van der Waals surface area (Å²) < 4.78 is 0. The molecular formula is C12H12N2O. The third kappa shape index (κ3) is 1.09. The van der Waals surface area contributed by atoms with Gasteiger partial charge in [-0.3, -0.25) is 4.79 Å². The standard InChI is InChI=1S/C12H12N2O/c13-8-4-2-5-9-11(8)7-3-1-6-10(15)12(7)14-9/h2,4-5,14H,1,3,6,13H2. The fraction of sp³-hybridized carbons (Fsp3) is 0.250. The molecule has 0 spiro atoms. The van der Waals surface area contributed by atoms with E-state index >= 15 is 0 Å². The highest BCUT2D eigenvalue weighted by atomic mass is 16.1. The highest BCUT2D eigenvalue weighted by molar-refractivity contribution is 6.06. The Morgan fingerprint density at radius 2 is 2.13 bits per heavy atom. The Morgan fingerprint density at radius 3 is 3.00 bits per heavy atom. The van der Waals surface area contributed by atoms with Crippen molar-refractivity contribution in [3.05, 3.63) is 29.5 Å². The summed E-state index contributed by atoms with van der Waals surface area (Å²) in [7, 11) is 0. The molecule has 15 heavy (non-hydrogen) atoms. The molecule has 1 aromatic carbocycles. The summed E-state index contributed by atoms with van der Waals surface area (Å²) in [5.74, 6) is 0.215. The molecule has 0 amide bonds. The van der Waals surface area contributed by atoms with Crippen LogP contribution in [0.1, 0.15) is 28.9 Å². The van der Waals surface area contributed by atoms with Gasteiger partial charge in [-0.1, -0.05) is 6.07 Å². The van der Waals surface area contributed by atoms with E-state index in [0.717, 1.165) is 40.7 Å². The Balaban J connectivity index is 2.41. The zero-order valence-electron chi connectivity index (χ0n) is 8.34. The minimum atomic E-state index is 0.215. The van der Waals surface area contributed by atoms with E-state index in [-0.39, 0.29) is 5.78 Å². The summed E-state index contributed by atoms with van der Waals surface area (Å²) in [6, 6.07) is 5.76. The van der Waals surface area contributed by atoms with Gasteiger partial charge in [0.1, 0.15) is 0 Å². The number of ketones is 1. The lowest BCUT2D eigenvalue weighted by molar-refractivity contribution is 0.0968. The van der Waals surface area contributed by atoms with E-state index in [1.165, 1.54) is 0 Å². The first-order chi connectivity index (χ1) is 7.27. The fourth-order valence-corrected chi connectivity index (χ4v) is 2.38. The molecule has 0 unspecified atom stereocenters. The topological polar surface area (TPSA) is 58.9 Å². The average Bonchev–Trinajstić information content (AvgIpc) is 2.59. The Bertz CT molecular complexity index is 554. The molecule has 76 valence electrons. The highest BCUT2D eigenvalue weighted by Gasteiger charge is 2.22. The van der Waals surface area contributed by atoms with Crippen LogP contribution in [0.4, 0.5) is 5.69 Å². The van der Waals surface area contributed by atoms with Gasteiger partial charge in [0.05, 0.1) is 5.69 Å². The van der Waals surface area contributed by atoms with Gasteiger partial charge in [-0.15, -0.1) is 0 Å². The van der Waals surface area contributed by atoms with Crippen molar-refractivity contribution in [3.63, 3.8) is 0 Å². The number of carbonyl (C=O) groups is 1. The van der Waals surface area contributed by atoms with Gasteiger partial charge in [-0.25, -0.2) is 0 Å². The molecule has 3 heteroatoms. The van der Waals surface area contributed by atoms with Crippen LogP contribution in [0.2, 0.25) is 0 Å². The molecule has 3 N–H and O–H groups in total. The fourth-order valence-electron chi connectivity index (χ4n) is 2.38. The number of nitrogen functional groups attached to an aromatic ring is 1. The van der Waals surface area contributed by atoms with Gasteiger partial charge in [0.25, 0.3) is 0 Å². The van der Waals surface area contributed by atoms with Crippen LogP contribution < -0.4 is 5.73 Å². The lowest BCUT2D eigenvalue weighted by Gasteiger charge is -2.09. The number of aryl methyl sites for hydroxylation is 1. The van der Waals surface area contributed by atoms with Crippen LogP contribution in [0.15, 0.2) is 18.2 Å². The summed E-state index contributed by atoms with van der Waals surface area (Å²) in [4.78, 5) is 14.9. The van der Waals surface area contributed by atoms with E-state index in [9.17, 15) is 4.79 Å². The first-order valence-corrected chi connectivity index (χ1v) is 5.19. The molecule has 0 saturated carbocycles. The van der Waals surface area contributed by atoms with Gasteiger partial charge >= 0.3 is 0 Å². The zero-order chi connectivity index (χ0) is 10.4. The number of nitrogens with two attached hydrogens (primary N) is 1. The second-order valence-electron chi connectivity index (χ2n) is 4.03. The molecular weight excluding hydrogens is 188 g/mol. The van der Waals surface area contributed by atoms with Crippen molar-refractivity contribution in [2.24, 2.45) is 0 Å². The Kier molecular flexibility index (Phi) is 1.63. The van der Waals surface area contributed by atoms with Crippen molar-refractivity contribution in [1.29, 1.82) is 0 Å². The first-order valence-electron chi connectivity index (χ1n) is 5.19. The van der Waals surface area contributed by atoms with Crippen molar-refractivity contribution in [3.8, 4) is 0 Å². The van der Waals surface area contributed by atoms with Crippen LogP contribution in [0.25, 0.3) is 10.9 Å². The summed E-state index contributed by atoms with van der Waals surface area (Å²) in [5.41, 5.74) is 9.57. The third-order valence-corrected chi connectivity index (χ3v) is 3.07. The summed E-state index contributed by atoms with van der Waals surface area (Å²) in [5, 5.41) is 1.04. The number of anilines is 1. The second kappa shape index (κ2) is 2.86. The van der Waals surface area contributed by atoms with Gasteiger partial charge in [0, 0.05) is 23.0 Å². The SMILES string of the molecule is Nc1cccc2[nH]c3c(c12)CCCC3=O. The van der Waals surface area contributed by atoms with Gasteiger partial charge in [0.15, 0.2) is 5.78 Å². The Morgan fingerprint density at radius 1 is 1.27 bits per heavy atom. The van der Waals surface area contributed by atoms with Crippen molar-refractivity contribution in [1.82, 2.24) is 4.98 Å². The molecule has 0 aliphatic heterocycles. The highest BCUT2D eigenvalue weighted by Crippen LogP contribution is 2.32. The third-order valence-electron chi connectivity index (χ3n) is 3.07. The quantitative estimate of drug-likeness (QED) is 0.641. The molecule has 1 aromatic heterocycles. The van der Waals surface area contributed by atoms with Crippen molar-refractivity contribution in [2.75, 3.05) is 5.73 Å². The van der Waals surface area contributed by atoms with Crippen LogP contribution >= 0.6 is 0 Å². The van der Waals surface area contributed by atoms with Gasteiger partial charge in [-0.05, 0) is 30.5 Å². The van der Waals surface area contributed by atoms with E-state index in [2.05, 4.69) is 4.98 Å². The Labute approximate surface area is 87.3 Å². The number of nitrogens with one attached hydrogen (secondary N) is 1. The molecule has 3 nitrogen and oxygen atoms in total. The van der Waals surface area contributed by atoms with E-state index in [1.54, 1.807) is 0 Å². The smallest absolute Gasteiger partial charge is 0.179 e. The van der Waals surface area contributed by atoms with Crippen LogP contribution in [0.5, 0.6) is 0 Å². The molecule has 3 rings (SSSR count). The molecule has 1 aliphatic carbocycles. The summed E-state index contributed by atoms with van der Waals surface area (Å²) in [6.45, 7) is 0. The number of carbonyl (C=O) groups excluding carboxylic acids is 1. The maximum Gasteiger partial charge on any atom is 0.179 e. The average molecular weight is 200 g/mol. The normalized spacial score (nSPS) is 15.6. The van der Waals surface area contributed by atoms with Gasteiger partial charge in [0.2, 0.25) is 0 Å². The molecule has 0 radical (unpaired) electrons. The summed E-state index contributed by atoms with van der Waals surface area (Å²) in [6.07, 6.45) is 2.54. The lowest BCUT2D eigenvalue weighted by Crippen LogP contribution is -2.09. The predicted molar refractivity (Wildman–Crippen MR) is 60.0 cm³/mol. The van der Waals surface area contributed by atoms with E-state index in [1.807, 2.05) is 18.2 Å². The molecule has 1 heterocycles. The molecule has 1 aliphatic rings. The minimum absolute atomic E-state index is 0.215. The maximum atomic E-state index is 11.7. The van der Waals surface area contributed by atoms with Crippen LogP contribution in [-0.2, 0) is 6.42 Å². The van der Waals surface area contributed by atoms with Crippen LogP contribution in [0, 0.1) is 0 Å². The monoisotopic (exact) mass is 200 g/mol. The largest absolute Gasteiger partial charge is 0.398 e. The number of aromatic amines is 1. The number of hydrogen-bond donors (Lipinski definition) is 2. The number of rotatable bonds is 0. The Hall–Kier alpha value is -1.77.